The number of thiophene rings is 1. The molecule has 176 valence electrons. The molecule has 0 bridgehead atoms. The molecule has 0 spiro atoms. The molecule has 1 atom stereocenters. The lowest BCUT2D eigenvalue weighted by molar-refractivity contribution is -0.137. The van der Waals surface area contributed by atoms with Crippen LogP contribution >= 0.6 is 22.9 Å². The van der Waals surface area contributed by atoms with Crippen LogP contribution in [0.4, 0.5) is 18.9 Å². The molecular formula is C24H19ClF3N3O2S. The number of hydrogen-bond donors (Lipinski definition) is 1. The molecular weight excluding hydrogens is 487 g/mol. The van der Waals surface area contributed by atoms with Gasteiger partial charge in [0.25, 0.3) is 5.56 Å². The molecule has 2 heterocycles. The van der Waals surface area contributed by atoms with Crippen molar-refractivity contribution in [2.45, 2.75) is 33.0 Å². The smallest absolute Gasteiger partial charge is 0.323 e. The summed E-state index contributed by atoms with van der Waals surface area (Å²) in [4.78, 5) is 31.1. The van der Waals surface area contributed by atoms with Gasteiger partial charge in [0.1, 0.15) is 10.9 Å². The van der Waals surface area contributed by atoms with Crippen LogP contribution in [0.1, 0.15) is 29.7 Å². The lowest BCUT2D eigenvalue weighted by Gasteiger charge is -2.17. The van der Waals surface area contributed by atoms with Gasteiger partial charge in [0, 0.05) is 10.9 Å². The highest BCUT2D eigenvalue weighted by molar-refractivity contribution is 7.17. The second-order valence-corrected chi connectivity index (χ2v) is 9.21. The molecule has 0 radical (unpaired) electrons. The van der Waals surface area contributed by atoms with E-state index in [-0.39, 0.29) is 10.7 Å². The molecule has 0 aliphatic carbocycles. The SMILES string of the molecule is Cc1ccc(-c2csc3ncn(C(C)C(=O)Nc4cc(C(F)(F)F)ccc4Cl)c(=O)c23)cc1C. The van der Waals surface area contributed by atoms with Crippen LogP contribution in [0.5, 0.6) is 0 Å². The van der Waals surface area contributed by atoms with Gasteiger partial charge in [-0.2, -0.15) is 13.2 Å². The fourth-order valence-electron chi connectivity index (χ4n) is 3.50. The van der Waals surface area contributed by atoms with Gasteiger partial charge in [0.15, 0.2) is 0 Å². The van der Waals surface area contributed by atoms with Crippen molar-refractivity contribution in [3.8, 4) is 11.1 Å². The van der Waals surface area contributed by atoms with Gasteiger partial charge in [-0.15, -0.1) is 11.3 Å². The molecule has 0 fully saturated rings. The van der Waals surface area contributed by atoms with Crippen LogP contribution in [-0.4, -0.2) is 15.5 Å². The van der Waals surface area contributed by atoms with E-state index < -0.39 is 29.2 Å². The average molecular weight is 506 g/mol. The minimum Gasteiger partial charge on any atom is -0.323 e. The first-order chi connectivity index (χ1) is 16.0. The van der Waals surface area contributed by atoms with Gasteiger partial charge >= 0.3 is 6.18 Å². The number of nitrogens with zero attached hydrogens (tertiary/aromatic N) is 2. The van der Waals surface area contributed by atoms with E-state index >= 15 is 0 Å². The third-order valence-corrected chi connectivity index (χ3v) is 6.90. The van der Waals surface area contributed by atoms with Crippen LogP contribution < -0.4 is 10.9 Å². The highest BCUT2D eigenvalue weighted by Crippen LogP contribution is 2.34. The Labute approximate surface area is 201 Å². The van der Waals surface area contributed by atoms with Crippen LogP contribution in [0.25, 0.3) is 21.3 Å². The van der Waals surface area contributed by atoms with Gasteiger partial charge < -0.3 is 5.32 Å². The van der Waals surface area contributed by atoms with Crippen molar-refractivity contribution in [3.63, 3.8) is 0 Å². The zero-order valence-electron chi connectivity index (χ0n) is 18.3. The van der Waals surface area contributed by atoms with Crippen molar-refractivity contribution < 1.29 is 18.0 Å². The largest absolute Gasteiger partial charge is 0.416 e. The van der Waals surface area contributed by atoms with E-state index in [1.54, 1.807) is 0 Å². The number of halogens is 4. The number of carbonyl (C=O) groups is 1. The first kappa shape index (κ1) is 24.0. The van der Waals surface area contributed by atoms with Gasteiger partial charge in [0.2, 0.25) is 5.91 Å². The summed E-state index contributed by atoms with van der Waals surface area (Å²) in [6.45, 7) is 5.44. The van der Waals surface area contributed by atoms with Crippen LogP contribution in [0.2, 0.25) is 5.02 Å². The minimum atomic E-state index is -4.59. The number of nitrogens with one attached hydrogen (secondary N) is 1. The predicted octanol–water partition coefficient (Wildman–Crippen LogP) is 6.61. The quantitative estimate of drug-likeness (QED) is 0.339. The minimum absolute atomic E-state index is 0.0515. The van der Waals surface area contributed by atoms with Gasteiger partial charge in [-0.3, -0.25) is 14.2 Å². The number of aryl methyl sites for hydroxylation is 2. The third-order valence-electron chi connectivity index (χ3n) is 5.69. The fourth-order valence-corrected chi connectivity index (χ4v) is 4.58. The Morgan fingerprint density at radius 2 is 1.88 bits per heavy atom. The maximum Gasteiger partial charge on any atom is 0.416 e. The Kier molecular flexibility index (Phi) is 6.26. The van der Waals surface area contributed by atoms with Crippen molar-refractivity contribution in [3.05, 3.63) is 80.2 Å². The van der Waals surface area contributed by atoms with Gasteiger partial charge in [0.05, 0.1) is 28.0 Å². The Hall–Kier alpha value is -3.17. The van der Waals surface area contributed by atoms with Crippen LogP contribution in [0, 0.1) is 13.8 Å². The molecule has 0 saturated heterocycles. The summed E-state index contributed by atoms with van der Waals surface area (Å²) in [5.41, 5.74) is 2.21. The molecule has 1 N–H and O–H groups in total. The van der Waals surface area contributed by atoms with Crippen molar-refractivity contribution in [1.29, 1.82) is 0 Å². The molecule has 2 aromatic carbocycles. The molecule has 4 aromatic rings. The fraction of sp³-hybridized carbons (Fsp3) is 0.208. The predicted molar refractivity (Wildman–Crippen MR) is 129 cm³/mol. The molecule has 0 aliphatic rings. The Morgan fingerprint density at radius 1 is 1.15 bits per heavy atom. The summed E-state index contributed by atoms with van der Waals surface area (Å²) in [7, 11) is 0. The van der Waals surface area contributed by atoms with E-state index in [9.17, 15) is 22.8 Å². The number of fused-ring (bicyclic) bond motifs is 1. The topological polar surface area (TPSA) is 64.0 Å². The number of alkyl halides is 3. The lowest BCUT2D eigenvalue weighted by atomic mass is 10.0. The maximum atomic E-state index is 13.4. The zero-order valence-corrected chi connectivity index (χ0v) is 19.9. The normalized spacial score (nSPS) is 12.7. The monoisotopic (exact) mass is 505 g/mol. The van der Waals surface area contributed by atoms with Crippen LogP contribution in [-0.2, 0) is 11.0 Å². The number of aromatic nitrogens is 2. The molecule has 4 rings (SSSR count). The first-order valence-corrected chi connectivity index (χ1v) is 11.5. The van der Waals surface area contributed by atoms with E-state index in [2.05, 4.69) is 10.3 Å². The third kappa shape index (κ3) is 4.45. The molecule has 0 saturated carbocycles. The van der Waals surface area contributed by atoms with E-state index in [0.717, 1.165) is 39.5 Å². The zero-order chi connectivity index (χ0) is 24.8. The number of hydrogen-bond acceptors (Lipinski definition) is 4. The molecule has 2 aromatic heterocycles. The van der Waals surface area contributed by atoms with Gasteiger partial charge in [-0.1, -0.05) is 29.8 Å². The molecule has 1 amide bonds. The van der Waals surface area contributed by atoms with Gasteiger partial charge in [-0.05, 0) is 55.7 Å². The van der Waals surface area contributed by atoms with E-state index in [4.69, 9.17) is 11.6 Å². The summed E-state index contributed by atoms with van der Waals surface area (Å²) >= 11 is 7.31. The second-order valence-electron chi connectivity index (χ2n) is 7.94. The molecule has 34 heavy (non-hydrogen) atoms. The Morgan fingerprint density at radius 3 is 2.56 bits per heavy atom. The molecule has 1 unspecified atom stereocenters. The van der Waals surface area contributed by atoms with Gasteiger partial charge in [-0.25, -0.2) is 4.98 Å². The lowest BCUT2D eigenvalue weighted by Crippen LogP contribution is -2.31. The summed E-state index contributed by atoms with van der Waals surface area (Å²) < 4.78 is 40.3. The van der Waals surface area contributed by atoms with Crippen molar-refractivity contribution in [2.75, 3.05) is 5.32 Å². The summed E-state index contributed by atoms with van der Waals surface area (Å²) in [5.74, 6) is -0.701. The average Bonchev–Trinajstić information content (AvgIpc) is 3.21. The highest BCUT2D eigenvalue weighted by atomic mass is 35.5. The second kappa shape index (κ2) is 8.88. The Bertz CT molecular complexity index is 1480. The number of carbonyl (C=O) groups excluding carboxylic acids is 1. The molecule has 10 heteroatoms. The van der Waals surface area contributed by atoms with E-state index in [0.29, 0.717) is 15.8 Å². The van der Waals surface area contributed by atoms with Crippen molar-refractivity contribution in [1.82, 2.24) is 9.55 Å². The number of rotatable bonds is 4. The Balaban J connectivity index is 1.70. The molecule has 0 aliphatic heterocycles. The first-order valence-electron chi connectivity index (χ1n) is 10.2. The summed E-state index contributed by atoms with van der Waals surface area (Å²) in [5, 5.41) is 4.57. The van der Waals surface area contributed by atoms with E-state index in [1.807, 2.05) is 37.4 Å². The van der Waals surface area contributed by atoms with Crippen LogP contribution in [0.15, 0.2) is 52.9 Å². The number of benzene rings is 2. The van der Waals surface area contributed by atoms with E-state index in [1.165, 1.54) is 24.6 Å². The maximum absolute atomic E-state index is 13.4. The van der Waals surface area contributed by atoms with Crippen molar-refractivity contribution in [2.24, 2.45) is 0 Å². The standard InChI is InChI=1S/C24H19ClF3N3O2S/c1-12-4-5-15(8-13(12)2)17-10-34-22-20(17)23(33)31(11-29-22)14(3)21(32)30-19-9-16(24(26,27)28)6-7-18(19)25/h4-11,14H,1-3H3,(H,30,32). The number of anilines is 1. The highest BCUT2D eigenvalue weighted by Gasteiger charge is 2.31. The molecule has 5 nitrogen and oxygen atoms in total. The van der Waals surface area contributed by atoms with Crippen LogP contribution in [0.3, 0.4) is 0 Å². The van der Waals surface area contributed by atoms with Crippen molar-refractivity contribution >= 4 is 44.7 Å². The summed E-state index contributed by atoms with van der Waals surface area (Å²) in [6.07, 6.45) is -3.32. The number of amides is 1. The summed E-state index contributed by atoms with van der Waals surface area (Å²) in [6, 6.07) is 7.47.